The first kappa shape index (κ1) is 10.4. The van der Waals surface area contributed by atoms with Gasteiger partial charge in [-0.25, -0.2) is 0 Å². The van der Waals surface area contributed by atoms with E-state index < -0.39 is 0 Å². The SMILES string of the molecule is CC(C)CN1CC(N(C)CS)C1. The second kappa shape index (κ2) is 4.49. The van der Waals surface area contributed by atoms with Gasteiger partial charge in [0.05, 0.1) is 0 Å². The number of hydrogen-bond acceptors (Lipinski definition) is 3. The van der Waals surface area contributed by atoms with Gasteiger partial charge in [-0.2, -0.15) is 12.6 Å². The van der Waals surface area contributed by atoms with Crippen molar-refractivity contribution in [2.45, 2.75) is 19.9 Å². The molecule has 3 heteroatoms. The van der Waals surface area contributed by atoms with Crippen LogP contribution in [0.5, 0.6) is 0 Å². The van der Waals surface area contributed by atoms with Crippen molar-refractivity contribution in [1.29, 1.82) is 0 Å². The van der Waals surface area contributed by atoms with Crippen LogP contribution in [-0.4, -0.2) is 48.4 Å². The molecule has 0 aromatic heterocycles. The summed E-state index contributed by atoms with van der Waals surface area (Å²) in [6.45, 7) is 8.26. The summed E-state index contributed by atoms with van der Waals surface area (Å²) in [5.41, 5.74) is 0. The first-order valence-corrected chi connectivity index (χ1v) is 5.30. The molecule has 1 aliphatic rings. The normalized spacial score (nSPS) is 20.5. The van der Waals surface area contributed by atoms with Crippen LogP contribution in [0.15, 0.2) is 0 Å². The highest BCUT2D eigenvalue weighted by Crippen LogP contribution is 2.15. The highest BCUT2D eigenvalue weighted by Gasteiger charge is 2.28. The summed E-state index contributed by atoms with van der Waals surface area (Å²) in [6.07, 6.45) is 0. The third-order valence-electron chi connectivity index (χ3n) is 2.41. The van der Waals surface area contributed by atoms with Crippen LogP contribution in [0, 0.1) is 5.92 Å². The zero-order chi connectivity index (χ0) is 9.14. The molecule has 2 nitrogen and oxygen atoms in total. The van der Waals surface area contributed by atoms with Crippen LogP contribution >= 0.6 is 12.6 Å². The fourth-order valence-corrected chi connectivity index (χ4v) is 1.83. The molecule has 0 unspecified atom stereocenters. The smallest absolute Gasteiger partial charge is 0.0415 e. The van der Waals surface area contributed by atoms with Gasteiger partial charge in [0.1, 0.15) is 0 Å². The summed E-state index contributed by atoms with van der Waals surface area (Å²) in [5, 5.41) is 0. The maximum atomic E-state index is 4.25. The van der Waals surface area contributed by atoms with Crippen molar-refractivity contribution in [3.05, 3.63) is 0 Å². The second-order valence-corrected chi connectivity index (χ2v) is 4.45. The Hall–Kier alpha value is 0.270. The van der Waals surface area contributed by atoms with Crippen molar-refractivity contribution >= 4 is 12.6 Å². The molecule has 0 N–H and O–H groups in total. The summed E-state index contributed by atoms with van der Waals surface area (Å²) in [5.74, 6) is 1.67. The third kappa shape index (κ3) is 2.64. The van der Waals surface area contributed by atoms with Gasteiger partial charge < -0.3 is 0 Å². The monoisotopic (exact) mass is 188 g/mol. The van der Waals surface area contributed by atoms with Crippen molar-refractivity contribution in [3.8, 4) is 0 Å². The van der Waals surface area contributed by atoms with E-state index in [9.17, 15) is 0 Å². The van der Waals surface area contributed by atoms with Crippen molar-refractivity contribution in [1.82, 2.24) is 9.80 Å². The molecule has 0 amide bonds. The highest BCUT2D eigenvalue weighted by molar-refractivity contribution is 7.80. The van der Waals surface area contributed by atoms with Gasteiger partial charge in [0.15, 0.2) is 0 Å². The minimum Gasteiger partial charge on any atom is -0.300 e. The predicted molar refractivity (Wildman–Crippen MR) is 56.7 cm³/mol. The largest absolute Gasteiger partial charge is 0.300 e. The number of hydrogen-bond donors (Lipinski definition) is 1. The summed E-state index contributed by atoms with van der Waals surface area (Å²) >= 11 is 4.25. The number of rotatable bonds is 4. The quantitative estimate of drug-likeness (QED) is 0.522. The van der Waals surface area contributed by atoms with Crippen LogP contribution in [0.3, 0.4) is 0 Å². The Balaban J connectivity index is 2.11. The molecular weight excluding hydrogens is 168 g/mol. The lowest BCUT2D eigenvalue weighted by Crippen LogP contribution is -2.58. The number of likely N-dealkylation sites (tertiary alicyclic amines) is 1. The van der Waals surface area contributed by atoms with Crippen LogP contribution in [0.2, 0.25) is 0 Å². The van der Waals surface area contributed by atoms with Gasteiger partial charge in [0.25, 0.3) is 0 Å². The minimum absolute atomic E-state index is 0.751. The summed E-state index contributed by atoms with van der Waals surface area (Å²) in [6, 6.07) is 0.751. The Morgan fingerprint density at radius 1 is 1.50 bits per heavy atom. The fraction of sp³-hybridized carbons (Fsp3) is 1.00. The standard InChI is InChI=1S/C9H20N2S/c1-8(2)4-11-5-9(6-11)10(3)7-12/h8-9,12H,4-7H2,1-3H3. The second-order valence-electron chi connectivity index (χ2n) is 4.16. The highest BCUT2D eigenvalue weighted by atomic mass is 32.1. The molecule has 0 aromatic rings. The lowest BCUT2D eigenvalue weighted by Gasteiger charge is -2.44. The van der Waals surface area contributed by atoms with E-state index in [-0.39, 0.29) is 0 Å². The van der Waals surface area contributed by atoms with Crippen molar-refractivity contribution in [3.63, 3.8) is 0 Å². The van der Waals surface area contributed by atoms with Gasteiger partial charge in [-0.05, 0) is 13.0 Å². The molecule has 1 rings (SSSR count). The van der Waals surface area contributed by atoms with Gasteiger partial charge >= 0.3 is 0 Å². The molecule has 0 saturated carbocycles. The molecule has 1 saturated heterocycles. The topological polar surface area (TPSA) is 6.48 Å². The molecule has 0 atom stereocenters. The van der Waals surface area contributed by atoms with E-state index in [1.54, 1.807) is 0 Å². The van der Waals surface area contributed by atoms with Crippen molar-refractivity contribution in [2.75, 3.05) is 32.6 Å². The van der Waals surface area contributed by atoms with Gasteiger partial charge in [-0.15, -0.1) is 0 Å². The lowest BCUT2D eigenvalue weighted by atomic mass is 10.1. The van der Waals surface area contributed by atoms with Gasteiger partial charge in [0.2, 0.25) is 0 Å². The Labute approximate surface area is 81.3 Å². The predicted octanol–water partition coefficient (Wildman–Crippen LogP) is 1.15. The Morgan fingerprint density at radius 3 is 2.50 bits per heavy atom. The molecule has 0 radical (unpaired) electrons. The van der Waals surface area contributed by atoms with Crippen LogP contribution in [-0.2, 0) is 0 Å². The summed E-state index contributed by atoms with van der Waals surface area (Å²) < 4.78 is 0. The maximum absolute atomic E-state index is 4.25. The molecule has 0 bridgehead atoms. The first-order valence-electron chi connectivity index (χ1n) is 4.67. The van der Waals surface area contributed by atoms with Crippen LogP contribution in [0.1, 0.15) is 13.8 Å². The summed E-state index contributed by atoms with van der Waals surface area (Å²) in [4.78, 5) is 4.81. The molecule has 1 heterocycles. The van der Waals surface area contributed by atoms with Gasteiger partial charge in [0, 0.05) is 31.6 Å². The maximum Gasteiger partial charge on any atom is 0.0415 e. The Kier molecular flexibility index (Phi) is 3.87. The van der Waals surface area contributed by atoms with Crippen LogP contribution in [0.4, 0.5) is 0 Å². The van der Waals surface area contributed by atoms with Crippen LogP contribution in [0.25, 0.3) is 0 Å². The van der Waals surface area contributed by atoms with Crippen LogP contribution < -0.4 is 0 Å². The van der Waals surface area contributed by atoms with E-state index in [4.69, 9.17) is 0 Å². The van der Waals surface area contributed by atoms with E-state index >= 15 is 0 Å². The number of thiol groups is 1. The van der Waals surface area contributed by atoms with E-state index in [1.807, 2.05) is 0 Å². The Morgan fingerprint density at radius 2 is 2.08 bits per heavy atom. The van der Waals surface area contributed by atoms with E-state index in [0.29, 0.717) is 0 Å². The third-order valence-corrected chi connectivity index (χ3v) is 2.85. The molecule has 1 fully saturated rings. The average molecular weight is 188 g/mol. The molecule has 72 valence electrons. The van der Waals surface area contributed by atoms with E-state index in [1.165, 1.54) is 19.6 Å². The molecule has 0 aliphatic carbocycles. The Bertz CT molecular complexity index is 132. The fourth-order valence-electron chi connectivity index (χ4n) is 1.60. The van der Waals surface area contributed by atoms with E-state index in [0.717, 1.165) is 17.8 Å². The number of likely N-dealkylation sites (N-methyl/N-ethyl adjacent to an activating group) is 1. The zero-order valence-electron chi connectivity index (χ0n) is 8.32. The summed E-state index contributed by atoms with van der Waals surface area (Å²) in [7, 11) is 2.14. The molecular formula is C9H20N2S. The van der Waals surface area contributed by atoms with E-state index in [2.05, 4.69) is 43.3 Å². The van der Waals surface area contributed by atoms with Crippen molar-refractivity contribution in [2.24, 2.45) is 5.92 Å². The zero-order valence-corrected chi connectivity index (χ0v) is 9.22. The molecule has 1 aliphatic heterocycles. The van der Waals surface area contributed by atoms with Crippen molar-refractivity contribution < 1.29 is 0 Å². The minimum atomic E-state index is 0.751. The van der Waals surface area contributed by atoms with Gasteiger partial charge in [-0.3, -0.25) is 9.80 Å². The molecule has 12 heavy (non-hydrogen) atoms. The van der Waals surface area contributed by atoms with Gasteiger partial charge in [-0.1, -0.05) is 13.8 Å². The average Bonchev–Trinajstić information content (AvgIpc) is 1.94. The lowest BCUT2D eigenvalue weighted by molar-refractivity contribution is 0.0515. The molecule has 0 aromatic carbocycles. The number of nitrogens with zero attached hydrogens (tertiary/aromatic N) is 2. The molecule has 0 spiro atoms. The first-order chi connectivity index (χ1) is 5.63.